The van der Waals surface area contributed by atoms with E-state index in [4.69, 9.17) is 0 Å². The van der Waals surface area contributed by atoms with Gasteiger partial charge >= 0.3 is 6.18 Å². The molecule has 190 valence electrons. The predicted molar refractivity (Wildman–Crippen MR) is 127 cm³/mol. The van der Waals surface area contributed by atoms with E-state index in [1.54, 1.807) is 29.1 Å². The highest BCUT2D eigenvalue weighted by Crippen LogP contribution is 2.28. The largest absolute Gasteiger partial charge is 0.433 e. The van der Waals surface area contributed by atoms with Gasteiger partial charge < -0.3 is 15.1 Å². The number of fused-ring (bicyclic) bond motifs is 1. The van der Waals surface area contributed by atoms with Gasteiger partial charge in [0.15, 0.2) is 0 Å². The van der Waals surface area contributed by atoms with Crippen LogP contribution in [0.5, 0.6) is 0 Å². The topological polar surface area (TPSA) is 83.4 Å². The monoisotopic (exact) mass is 500 g/mol. The van der Waals surface area contributed by atoms with Gasteiger partial charge in [0.25, 0.3) is 5.91 Å². The van der Waals surface area contributed by atoms with Gasteiger partial charge in [-0.1, -0.05) is 6.07 Å². The van der Waals surface area contributed by atoms with E-state index in [0.29, 0.717) is 22.6 Å². The number of pyridine rings is 1. The Hall–Kier alpha value is -3.47. The number of nitrogens with zero attached hydrogens (tertiary/aromatic N) is 5. The number of nitrogens with one attached hydrogen (secondary N) is 1. The summed E-state index contributed by atoms with van der Waals surface area (Å²) in [6, 6.07) is 8.71. The highest BCUT2D eigenvalue weighted by Gasteiger charge is 2.33. The summed E-state index contributed by atoms with van der Waals surface area (Å²) in [7, 11) is 0. The zero-order valence-electron chi connectivity index (χ0n) is 19.7. The third-order valence-corrected chi connectivity index (χ3v) is 6.85. The van der Waals surface area contributed by atoms with Crippen molar-refractivity contribution in [3.05, 3.63) is 54.0 Å². The molecule has 2 aliphatic rings. The van der Waals surface area contributed by atoms with Crippen molar-refractivity contribution in [3.63, 3.8) is 0 Å². The Kier molecular flexibility index (Phi) is 6.65. The van der Waals surface area contributed by atoms with Crippen molar-refractivity contribution in [3.8, 4) is 0 Å². The van der Waals surface area contributed by atoms with Gasteiger partial charge in [-0.25, -0.2) is 4.98 Å². The van der Waals surface area contributed by atoms with Gasteiger partial charge in [0, 0.05) is 36.4 Å². The maximum absolute atomic E-state index is 12.9. The SMILES string of the molecule is O=C(Nc1ccc2nn(CC(=O)N3CCC(N4CCCC4)CC3)cc2c1)c1cccc(C(F)(F)F)n1. The molecule has 2 aromatic heterocycles. The number of halogens is 3. The molecule has 1 N–H and O–H groups in total. The summed E-state index contributed by atoms with van der Waals surface area (Å²) in [4.78, 5) is 33.1. The number of amides is 2. The van der Waals surface area contributed by atoms with Crippen LogP contribution in [0.3, 0.4) is 0 Å². The molecule has 11 heteroatoms. The summed E-state index contributed by atoms with van der Waals surface area (Å²) >= 11 is 0. The molecule has 0 radical (unpaired) electrons. The minimum atomic E-state index is -4.63. The molecule has 2 amide bonds. The summed E-state index contributed by atoms with van der Waals surface area (Å²) in [5.74, 6) is -0.729. The molecule has 0 aliphatic carbocycles. The summed E-state index contributed by atoms with van der Waals surface area (Å²) in [5.41, 5.74) is -0.427. The van der Waals surface area contributed by atoms with Crippen molar-refractivity contribution in [2.45, 2.75) is 44.4 Å². The van der Waals surface area contributed by atoms with Crippen LogP contribution in [0.15, 0.2) is 42.6 Å². The Labute approximate surface area is 206 Å². The highest BCUT2D eigenvalue weighted by atomic mass is 19.4. The Morgan fingerprint density at radius 3 is 2.50 bits per heavy atom. The molecule has 4 heterocycles. The maximum Gasteiger partial charge on any atom is 0.433 e. The van der Waals surface area contributed by atoms with Crippen LogP contribution in [-0.2, 0) is 17.5 Å². The fraction of sp³-hybridized carbons (Fsp3) is 0.440. The molecule has 1 aromatic carbocycles. The number of rotatable bonds is 5. The van der Waals surface area contributed by atoms with E-state index in [2.05, 4.69) is 20.3 Å². The molecule has 8 nitrogen and oxygen atoms in total. The average Bonchev–Trinajstić information content (AvgIpc) is 3.53. The molecule has 3 aromatic rings. The van der Waals surface area contributed by atoms with Gasteiger partial charge in [0.05, 0.1) is 5.52 Å². The molecule has 36 heavy (non-hydrogen) atoms. The van der Waals surface area contributed by atoms with Crippen molar-refractivity contribution in [2.24, 2.45) is 0 Å². The average molecular weight is 501 g/mol. The molecule has 5 rings (SSSR count). The van der Waals surface area contributed by atoms with Crippen molar-refractivity contribution in [1.29, 1.82) is 0 Å². The van der Waals surface area contributed by atoms with E-state index in [1.165, 1.54) is 18.9 Å². The van der Waals surface area contributed by atoms with E-state index in [9.17, 15) is 22.8 Å². The lowest BCUT2D eigenvalue weighted by molar-refractivity contribution is -0.141. The minimum Gasteiger partial charge on any atom is -0.341 e. The Morgan fingerprint density at radius 2 is 1.78 bits per heavy atom. The molecule has 2 fully saturated rings. The third-order valence-electron chi connectivity index (χ3n) is 6.85. The Bertz CT molecular complexity index is 1260. The Morgan fingerprint density at radius 1 is 1.03 bits per heavy atom. The number of benzene rings is 1. The third kappa shape index (κ3) is 5.35. The first-order valence-electron chi connectivity index (χ1n) is 12.1. The molecule has 2 aliphatic heterocycles. The van der Waals surface area contributed by atoms with Gasteiger partial charge in [0.2, 0.25) is 5.91 Å². The molecule has 0 unspecified atom stereocenters. The fourth-order valence-electron chi connectivity index (χ4n) is 4.98. The normalized spacial score (nSPS) is 17.6. The van der Waals surface area contributed by atoms with Crippen LogP contribution >= 0.6 is 0 Å². The van der Waals surface area contributed by atoms with E-state index in [1.807, 2.05) is 4.90 Å². The summed E-state index contributed by atoms with van der Waals surface area (Å²) in [5, 5.41) is 7.73. The first-order chi connectivity index (χ1) is 17.3. The first kappa shape index (κ1) is 24.2. The molecule has 0 bridgehead atoms. The van der Waals surface area contributed by atoms with Crippen LogP contribution in [0.2, 0.25) is 0 Å². The zero-order valence-corrected chi connectivity index (χ0v) is 19.7. The predicted octanol–water partition coefficient (Wildman–Crippen LogP) is 3.79. The maximum atomic E-state index is 12.9. The lowest BCUT2D eigenvalue weighted by Crippen LogP contribution is -2.46. The quantitative estimate of drug-likeness (QED) is 0.577. The van der Waals surface area contributed by atoms with Gasteiger partial charge in [-0.3, -0.25) is 14.3 Å². The smallest absolute Gasteiger partial charge is 0.341 e. The standard InChI is InChI=1S/C25H27F3N6O2/c26-25(27,28)22-5-3-4-21(30-22)24(36)29-18-6-7-20-17(14-18)15-34(31-20)16-23(35)33-12-8-19(9-13-33)32-10-1-2-11-32/h3-7,14-15,19H,1-2,8-13,16H2,(H,29,36). The van der Waals surface area contributed by atoms with Crippen LogP contribution in [0.4, 0.5) is 18.9 Å². The summed E-state index contributed by atoms with van der Waals surface area (Å²) in [6.45, 7) is 3.95. The number of hydrogen-bond donors (Lipinski definition) is 1. The van der Waals surface area contributed by atoms with Gasteiger partial charge in [-0.2, -0.15) is 18.3 Å². The van der Waals surface area contributed by atoms with Crippen LogP contribution in [0.25, 0.3) is 10.9 Å². The van der Waals surface area contributed by atoms with Crippen molar-refractivity contribution < 1.29 is 22.8 Å². The van der Waals surface area contributed by atoms with Crippen molar-refractivity contribution in [1.82, 2.24) is 24.6 Å². The molecular weight excluding hydrogens is 473 g/mol. The number of likely N-dealkylation sites (tertiary alicyclic amines) is 2. The highest BCUT2D eigenvalue weighted by molar-refractivity contribution is 6.03. The van der Waals surface area contributed by atoms with Gasteiger partial charge in [-0.15, -0.1) is 0 Å². The number of carbonyl (C=O) groups excluding carboxylic acids is 2. The summed E-state index contributed by atoms with van der Waals surface area (Å²) in [6.07, 6.45) is 1.61. The lowest BCUT2D eigenvalue weighted by Gasteiger charge is -2.36. The van der Waals surface area contributed by atoms with Gasteiger partial charge in [-0.05, 0) is 69.1 Å². The fourth-order valence-corrected chi connectivity index (χ4v) is 4.98. The molecular formula is C25H27F3N6O2. The first-order valence-corrected chi connectivity index (χ1v) is 12.1. The number of anilines is 1. The Balaban J connectivity index is 1.20. The van der Waals surface area contributed by atoms with E-state index in [-0.39, 0.29) is 18.1 Å². The van der Waals surface area contributed by atoms with Crippen molar-refractivity contribution in [2.75, 3.05) is 31.5 Å². The number of aromatic nitrogens is 3. The minimum absolute atomic E-state index is 0.0202. The lowest BCUT2D eigenvalue weighted by atomic mass is 10.0. The van der Waals surface area contributed by atoms with E-state index in [0.717, 1.165) is 51.2 Å². The van der Waals surface area contributed by atoms with Crippen LogP contribution in [0.1, 0.15) is 41.9 Å². The molecule has 0 atom stereocenters. The van der Waals surface area contributed by atoms with Crippen LogP contribution in [-0.4, -0.2) is 68.6 Å². The van der Waals surface area contributed by atoms with Crippen LogP contribution < -0.4 is 5.32 Å². The van der Waals surface area contributed by atoms with E-state index >= 15 is 0 Å². The second-order valence-electron chi connectivity index (χ2n) is 9.32. The van der Waals surface area contributed by atoms with Gasteiger partial charge in [0.1, 0.15) is 17.9 Å². The number of hydrogen-bond acceptors (Lipinski definition) is 5. The number of carbonyl (C=O) groups is 2. The second-order valence-corrected chi connectivity index (χ2v) is 9.32. The second kappa shape index (κ2) is 9.88. The molecule has 0 saturated carbocycles. The van der Waals surface area contributed by atoms with E-state index < -0.39 is 17.8 Å². The number of piperidine rings is 1. The summed E-state index contributed by atoms with van der Waals surface area (Å²) < 4.78 is 40.3. The van der Waals surface area contributed by atoms with Crippen molar-refractivity contribution >= 4 is 28.4 Å². The molecule has 2 saturated heterocycles. The zero-order chi connectivity index (χ0) is 25.3. The number of alkyl halides is 3. The van der Waals surface area contributed by atoms with Crippen LogP contribution in [0, 0.1) is 0 Å². The molecule has 0 spiro atoms.